The van der Waals surface area contributed by atoms with Crippen molar-refractivity contribution < 1.29 is 23.8 Å². The van der Waals surface area contributed by atoms with Crippen LogP contribution in [-0.2, 0) is 14.3 Å². The van der Waals surface area contributed by atoms with Crippen LogP contribution in [0.25, 0.3) is 10.4 Å². The second-order valence-corrected chi connectivity index (χ2v) is 8.07. The molecule has 3 rings (SSSR count). The van der Waals surface area contributed by atoms with Crippen molar-refractivity contribution >= 4 is 41.4 Å². The number of hydrogen-bond acceptors (Lipinski definition) is 8. The quantitative estimate of drug-likeness (QED) is 0.565. The molecule has 1 aromatic carbocycles. The summed E-state index contributed by atoms with van der Waals surface area (Å²) in [6, 6.07) is 8.57. The zero-order chi connectivity index (χ0) is 21.5. The van der Waals surface area contributed by atoms with Gasteiger partial charge in [-0.3, -0.25) is 0 Å². The van der Waals surface area contributed by atoms with Gasteiger partial charge in [0.25, 0.3) is 0 Å². The van der Waals surface area contributed by atoms with Crippen molar-refractivity contribution in [1.82, 2.24) is 5.32 Å². The lowest BCUT2D eigenvalue weighted by Crippen LogP contribution is -2.35. The van der Waals surface area contributed by atoms with E-state index in [0.29, 0.717) is 16.7 Å². The van der Waals surface area contributed by atoms with E-state index in [1.165, 1.54) is 18.4 Å². The predicted molar refractivity (Wildman–Crippen MR) is 125 cm³/mol. The van der Waals surface area contributed by atoms with E-state index in [1.54, 1.807) is 6.92 Å². The highest BCUT2D eigenvalue weighted by Crippen LogP contribution is 2.42. The van der Waals surface area contributed by atoms with Crippen LogP contribution in [0.2, 0.25) is 0 Å². The number of carbonyl (C=O) groups excluding carboxylic acids is 2. The van der Waals surface area contributed by atoms with Crippen LogP contribution in [0, 0.1) is 6.92 Å². The summed E-state index contributed by atoms with van der Waals surface area (Å²) in [5.41, 5.74) is 2.82. The summed E-state index contributed by atoms with van der Waals surface area (Å²) in [7, 11) is 1.33. The molecule has 1 aromatic heterocycles. The van der Waals surface area contributed by atoms with Gasteiger partial charge in [-0.25, -0.2) is 9.59 Å². The molecule has 0 saturated carbocycles. The highest BCUT2D eigenvalue weighted by atomic mass is 35.5. The largest absolute Gasteiger partial charge is 0.480 e. The Morgan fingerprint density at radius 1 is 1.26 bits per heavy atom. The van der Waals surface area contributed by atoms with Crippen LogP contribution in [0.1, 0.15) is 35.0 Å². The van der Waals surface area contributed by atoms with Gasteiger partial charge in [-0.2, -0.15) is 0 Å². The van der Waals surface area contributed by atoms with Gasteiger partial charge in [0.15, 0.2) is 11.5 Å². The summed E-state index contributed by atoms with van der Waals surface area (Å²) in [4.78, 5) is 25.3. The van der Waals surface area contributed by atoms with Gasteiger partial charge in [0.2, 0.25) is 0 Å². The number of esters is 2. The van der Waals surface area contributed by atoms with Crippen LogP contribution in [0.15, 0.2) is 24.3 Å². The first kappa shape index (κ1) is 25.0. The maximum Gasteiger partial charge on any atom is 0.351 e. The third-order valence-electron chi connectivity index (χ3n) is 4.94. The van der Waals surface area contributed by atoms with Gasteiger partial charge in [-0.1, -0.05) is 12.1 Å². The summed E-state index contributed by atoms with van der Waals surface area (Å²) in [5.74, 6) is -0.600. The Hall–Kier alpha value is -2.29. The molecule has 1 fully saturated rings. The SMILES string of the molecule is CCOC(=O)COc1c(C(=O)OC)sc(-c2cccc(NC3CCNCC3)c2)c1C.Cl. The van der Waals surface area contributed by atoms with Crippen molar-refractivity contribution in [2.45, 2.75) is 32.7 Å². The number of piperidine rings is 1. The van der Waals surface area contributed by atoms with Gasteiger partial charge in [0.1, 0.15) is 5.75 Å². The lowest BCUT2D eigenvalue weighted by atomic mass is 10.1. The average Bonchev–Trinajstić information content (AvgIpc) is 3.09. The second-order valence-electron chi connectivity index (χ2n) is 7.05. The molecule has 1 aliphatic heterocycles. The first-order valence-electron chi connectivity index (χ1n) is 10.1. The lowest BCUT2D eigenvalue weighted by molar-refractivity contribution is -0.145. The zero-order valence-electron chi connectivity index (χ0n) is 18.0. The van der Waals surface area contributed by atoms with Crippen LogP contribution in [0.5, 0.6) is 5.75 Å². The van der Waals surface area contributed by atoms with Gasteiger partial charge in [-0.15, -0.1) is 23.7 Å². The van der Waals surface area contributed by atoms with E-state index >= 15 is 0 Å². The van der Waals surface area contributed by atoms with Crippen molar-refractivity contribution in [2.24, 2.45) is 0 Å². The molecule has 9 heteroatoms. The predicted octanol–water partition coefficient (Wildman–Crippen LogP) is 4.04. The zero-order valence-corrected chi connectivity index (χ0v) is 19.6. The number of hydrogen-bond donors (Lipinski definition) is 2. The van der Waals surface area contributed by atoms with Gasteiger partial charge in [0, 0.05) is 22.2 Å². The monoisotopic (exact) mass is 468 g/mol. The number of ether oxygens (including phenoxy) is 3. The van der Waals surface area contributed by atoms with E-state index in [4.69, 9.17) is 14.2 Å². The highest BCUT2D eigenvalue weighted by molar-refractivity contribution is 7.18. The average molecular weight is 469 g/mol. The Balaban J connectivity index is 0.00000341. The summed E-state index contributed by atoms with van der Waals surface area (Å²) >= 11 is 1.30. The van der Waals surface area contributed by atoms with E-state index in [-0.39, 0.29) is 25.6 Å². The van der Waals surface area contributed by atoms with Gasteiger partial charge >= 0.3 is 11.9 Å². The van der Waals surface area contributed by atoms with Crippen molar-refractivity contribution in [2.75, 3.05) is 38.7 Å². The summed E-state index contributed by atoms with van der Waals surface area (Å²) < 4.78 is 15.5. The first-order chi connectivity index (χ1) is 14.5. The highest BCUT2D eigenvalue weighted by Gasteiger charge is 2.24. The molecule has 0 atom stereocenters. The standard InChI is InChI=1S/C22H28N2O5S.ClH/c1-4-28-18(25)13-29-19-14(2)20(30-21(19)22(26)27-3)15-6-5-7-17(12-15)24-16-8-10-23-11-9-16;/h5-7,12,16,23-24H,4,8-11,13H2,1-3H3;1H. The number of nitrogens with one attached hydrogen (secondary N) is 2. The maximum atomic E-state index is 12.3. The normalized spacial score (nSPS) is 13.8. The minimum absolute atomic E-state index is 0. The van der Waals surface area contributed by atoms with Crippen molar-refractivity contribution in [3.05, 3.63) is 34.7 Å². The Bertz CT molecular complexity index is 896. The van der Waals surface area contributed by atoms with Gasteiger partial charge < -0.3 is 24.8 Å². The minimum atomic E-state index is -0.489. The molecule has 170 valence electrons. The van der Waals surface area contributed by atoms with Crippen LogP contribution in [0.3, 0.4) is 0 Å². The molecule has 31 heavy (non-hydrogen) atoms. The summed E-state index contributed by atoms with van der Waals surface area (Å²) in [5, 5.41) is 6.97. The van der Waals surface area contributed by atoms with Crippen LogP contribution < -0.4 is 15.4 Å². The van der Waals surface area contributed by atoms with Crippen molar-refractivity contribution in [1.29, 1.82) is 0 Å². The molecular weight excluding hydrogens is 440 g/mol. The molecule has 1 aliphatic rings. The molecule has 2 N–H and O–H groups in total. The maximum absolute atomic E-state index is 12.3. The van der Waals surface area contributed by atoms with Crippen LogP contribution >= 0.6 is 23.7 Å². The second kappa shape index (κ2) is 11.9. The summed E-state index contributed by atoms with van der Waals surface area (Å²) in [6.07, 6.45) is 2.17. The number of carbonyl (C=O) groups is 2. The van der Waals surface area contributed by atoms with Crippen LogP contribution in [0.4, 0.5) is 5.69 Å². The van der Waals surface area contributed by atoms with Gasteiger partial charge in [0.05, 0.1) is 13.7 Å². The third kappa shape index (κ3) is 6.35. The molecule has 1 saturated heterocycles. The molecule has 2 heterocycles. The van der Waals surface area contributed by atoms with E-state index in [2.05, 4.69) is 16.7 Å². The van der Waals surface area contributed by atoms with E-state index < -0.39 is 11.9 Å². The fourth-order valence-electron chi connectivity index (χ4n) is 3.46. The Morgan fingerprint density at radius 2 is 2.00 bits per heavy atom. The Labute approximate surface area is 192 Å². The number of halogens is 1. The molecular formula is C22H29ClN2O5S. The van der Waals surface area contributed by atoms with Crippen molar-refractivity contribution in [3.63, 3.8) is 0 Å². The molecule has 0 amide bonds. The Kier molecular flexibility index (Phi) is 9.61. The number of rotatable bonds is 8. The molecule has 2 aromatic rings. The molecule has 0 radical (unpaired) electrons. The number of thiophene rings is 1. The number of benzene rings is 1. The topological polar surface area (TPSA) is 85.9 Å². The number of anilines is 1. The first-order valence-corrected chi connectivity index (χ1v) is 10.9. The van der Waals surface area contributed by atoms with Crippen molar-refractivity contribution in [3.8, 4) is 16.2 Å². The van der Waals surface area contributed by atoms with E-state index in [9.17, 15) is 9.59 Å². The molecule has 0 aliphatic carbocycles. The Morgan fingerprint density at radius 3 is 2.68 bits per heavy atom. The molecule has 7 nitrogen and oxygen atoms in total. The minimum Gasteiger partial charge on any atom is -0.480 e. The molecule has 0 bridgehead atoms. The number of methoxy groups -OCH3 is 1. The molecule has 0 unspecified atom stereocenters. The van der Waals surface area contributed by atoms with E-state index in [0.717, 1.165) is 47.6 Å². The summed E-state index contributed by atoms with van der Waals surface area (Å²) in [6.45, 7) is 5.67. The smallest absolute Gasteiger partial charge is 0.351 e. The fourth-order valence-corrected chi connectivity index (χ4v) is 4.63. The van der Waals surface area contributed by atoms with Crippen LogP contribution in [-0.4, -0.2) is 51.4 Å². The van der Waals surface area contributed by atoms with Gasteiger partial charge in [-0.05, 0) is 57.5 Å². The lowest BCUT2D eigenvalue weighted by Gasteiger charge is -2.24. The van der Waals surface area contributed by atoms with E-state index in [1.807, 2.05) is 25.1 Å². The third-order valence-corrected chi connectivity index (χ3v) is 6.24. The molecule has 0 spiro atoms. The fraction of sp³-hybridized carbons (Fsp3) is 0.455.